The van der Waals surface area contributed by atoms with Crippen molar-refractivity contribution >= 4 is 16.6 Å². The summed E-state index contributed by atoms with van der Waals surface area (Å²) in [5, 5.41) is 17.6. The van der Waals surface area contributed by atoms with Gasteiger partial charge in [-0.05, 0) is 51.1 Å². The summed E-state index contributed by atoms with van der Waals surface area (Å²) < 4.78 is 6.54. The van der Waals surface area contributed by atoms with Gasteiger partial charge in [0.25, 0.3) is 0 Å². The molecule has 0 spiro atoms. The summed E-state index contributed by atoms with van der Waals surface area (Å²) in [6.45, 7) is 9.94. The van der Waals surface area contributed by atoms with Gasteiger partial charge in [-0.3, -0.25) is 0 Å². The van der Waals surface area contributed by atoms with Crippen molar-refractivity contribution in [3.63, 3.8) is 0 Å². The highest BCUT2D eigenvalue weighted by atomic mass is 28.4. The molecule has 3 nitrogen and oxygen atoms in total. The molecule has 0 radical (unpaired) electrons. The number of rotatable bonds is 12. The second-order valence-electron chi connectivity index (χ2n) is 6.69. The van der Waals surface area contributed by atoms with Gasteiger partial charge in [-0.2, -0.15) is 0 Å². The van der Waals surface area contributed by atoms with Crippen LogP contribution in [0.2, 0.25) is 38.3 Å². The van der Waals surface area contributed by atoms with Crippen LogP contribution in [0.3, 0.4) is 0 Å². The van der Waals surface area contributed by atoms with Gasteiger partial charge < -0.3 is 14.3 Å². The Morgan fingerprint density at radius 2 is 1.00 bits per heavy atom. The first-order chi connectivity index (χ1) is 8.83. The zero-order valence-corrected chi connectivity index (χ0v) is 15.4. The Morgan fingerprint density at radius 3 is 1.32 bits per heavy atom. The summed E-state index contributed by atoms with van der Waals surface area (Å²) >= 11 is 0. The van der Waals surface area contributed by atoms with Crippen molar-refractivity contribution < 1.29 is 14.3 Å². The highest BCUT2D eigenvalue weighted by Gasteiger charge is 2.31. The van der Waals surface area contributed by atoms with Crippen molar-refractivity contribution in [3.05, 3.63) is 0 Å². The van der Waals surface area contributed by atoms with Gasteiger partial charge in [0.2, 0.25) is 0 Å². The second kappa shape index (κ2) is 10.1. The highest BCUT2D eigenvalue weighted by Crippen LogP contribution is 2.25. The summed E-state index contributed by atoms with van der Waals surface area (Å²) in [4.78, 5) is 0. The fraction of sp³-hybridized carbons (Fsp3) is 1.00. The predicted octanol–water partition coefficient (Wildman–Crippen LogP) is 3.74. The van der Waals surface area contributed by atoms with Crippen molar-refractivity contribution in [2.24, 2.45) is 0 Å². The van der Waals surface area contributed by atoms with Crippen molar-refractivity contribution in [2.45, 2.75) is 76.8 Å². The van der Waals surface area contributed by atoms with Crippen LogP contribution in [0.5, 0.6) is 0 Å². The summed E-state index contributed by atoms with van der Waals surface area (Å²) in [6, 6.07) is 2.42. The largest absolute Gasteiger partial charge is 0.455 e. The first kappa shape index (κ1) is 19.3. The standard InChI is InChI=1S/C14H34O3Si2/c1-18(2,13-9-5-7-11-15)17-19(3,4)14-10-6-8-12-16/h15-16H,5-14H2,1-4H3. The van der Waals surface area contributed by atoms with E-state index in [0.29, 0.717) is 13.2 Å². The third-order valence-electron chi connectivity index (χ3n) is 3.43. The molecule has 0 saturated heterocycles. The van der Waals surface area contributed by atoms with E-state index in [1.54, 1.807) is 0 Å². The molecular weight excluding hydrogens is 272 g/mol. The van der Waals surface area contributed by atoms with Crippen LogP contribution in [0, 0.1) is 0 Å². The smallest absolute Gasteiger partial charge is 0.173 e. The Labute approximate surface area is 121 Å². The molecular formula is C14H34O3Si2. The van der Waals surface area contributed by atoms with Crippen molar-refractivity contribution in [1.29, 1.82) is 0 Å². The molecule has 19 heavy (non-hydrogen) atoms. The summed E-state index contributed by atoms with van der Waals surface area (Å²) in [5.74, 6) is 0. The van der Waals surface area contributed by atoms with E-state index >= 15 is 0 Å². The Morgan fingerprint density at radius 1 is 0.632 bits per heavy atom. The first-order valence-electron chi connectivity index (χ1n) is 7.75. The Hall–Kier alpha value is 0.314. The molecule has 0 aromatic heterocycles. The maximum atomic E-state index is 8.79. The molecule has 0 amide bonds. The van der Waals surface area contributed by atoms with Crippen LogP contribution in [0.25, 0.3) is 0 Å². The average Bonchev–Trinajstić information content (AvgIpc) is 2.29. The second-order valence-corrected chi connectivity index (χ2v) is 15.5. The van der Waals surface area contributed by atoms with Crippen LogP contribution in [0.4, 0.5) is 0 Å². The molecule has 2 N–H and O–H groups in total. The summed E-state index contributed by atoms with van der Waals surface area (Å²) in [6.07, 6.45) is 6.46. The highest BCUT2D eigenvalue weighted by molar-refractivity contribution is 6.84. The van der Waals surface area contributed by atoms with Gasteiger partial charge in [0.15, 0.2) is 16.6 Å². The topological polar surface area (TPSA) is 49.7 Å². The summed E-state index contributed by atoms with van der Waals surface area (Å²) in [5.41, 5.74) is 0. The van der Waals surface area contributed by atoms with Gasteiger partial charge in [0.05, 0.1) is 0 Å². The van der Waals surface area contributed by atoms with Crippen LogP contribution in [-0.4, -0.2) is 40.1 Å². The Balaban J connectivity index is 3.93. The molecule has 0 bridgehead atoms. The number of aliphatic hydroxyl groups is 2. The molecule has 0 atom stereocenters. The molecule has 0 rings (SSSR count). The first-order valence-corrected chi connectivity index (χ1v) is 14.0. The van der Waals surface area contributed by atoms with Crippen molar-refractivity contribution in [3.8, 4) is 0 Å². The third kappa shape index (κ3) is 11.8. The van der Waals surface area contributed by atoms with Gasteiger partial charge in [0, 0.05) is 13.2 Å². The molecule has 0 aliphatic heterocycles. The quantitative estimate of drug-likeness (QED) is 0.426. The minimum atomic E-state index is -1.53. The van der Waals surface area contributed by atoms with E-state index in [4.69, 9.17) is 14.3 Å². The minimum absolute atomic E-state index is 0.313. The van der Waals surface area contributed by atoms with Gasteiger partial charge in [-0.25, -0.2) is 0 Å². The molecule has 0 aliphatic carbocycles. The van der Waals surface area contributed by atoms with Crippen LogP contribution in [-0.2, 0) is 4.12 Å². The zero-order valence-electron chi connectivity index (χ0n) is 13.4. The molecule has 5 heteroatoms. The molecule has 0 aromatic carbocycles. The lowest BCUT2D eigenvalue weighted by Crippen LogP contribution is -2.44. The van der Waals surface area contributed by atoms with E-state index in [0.717, 1.165) is 25.7 Å². The normalized spacial score (nSPS) is 12.9. The lowest BCUT2D eigenvalue weighted by atomic mass is 10.3. The van der Waals surface area contributed by atoms with E-state index in [2.05, 4.69) is 26.2 Å². The monoisotopic (exact) mass is 306 g/mol. The Kier molecular flexibility index (Phi) is 10.3. The van der Waals surface area contributed by atoms with Crippen LogP contribution < -0.4 is 0 Å². The lowest BCUT2D eigenvalue weighted by molar-refractivity contribution is 0.283. The fourth-order valence-corrected chi connectivity index (χ4v) is 11.5. The number of aliphatic hydroxyl groups excluding tert-OH is 2. The van der Waals surface area contributed by atoms with Crippen molar-refractivity contribution in [1.82, 2.24) is 0 Å². The molecule has 0 aromatic rings. The Bertz CT molecular complexity index is 199. The minimum Gasteiger partial charge on any atom is -0.455 e. The van der Waals surface area contributed by atoms with Crippen molar-refractivity contribution in [2.75, 3.05) is 13.2 Å². The predicted molar refractivity (Wildman–Crippen MR) is 87.5 cm³/mol. The lowest BCUT2D eigenvalue weighted by Gasteiger charge is -2.34. The molecule has 0 heterocycles. The average molecular weight is 307 g/mol. The van der Waals surface area contributed by atoms with Gasteiger partial charge >= 0.3 is 0 Å². The molecule has 0 aliphatic rings. The maximum Gasteiger partial charge on any atom is 0.173 e. The molecule has 0 fully saturated rings. The molecule has 0 unspecified atom stereocenters. The molecule has 116 valence electrons. The van der Waals surface area contributed by atoms with E-state index in [1.807, 2.05) is 0 Å². The number of hydrogen-bond acceptors (Lipinski definition) is 3. The van der Waals surface area contributed by atoms with E-state index in [1.165, 1.54) is 24.9 Å². The number of hydrogen-bond donors (Lipinski definition) is 2. The van der Waals surface area contributed by atoms with Gasteiger partial charge in [0.1, 0.15) is 0 Å². The van der Waals surface area contributed by atoms with E-state index in [9.17, 15) is 0 Å². The maximum absolute atomic E-state index is 8.79. The van der Waals surface area contributed by atoms with Gasteiger partial charge in [-0.15, -0.1) is 0 Å². The third-order valence-corrected chi connectivity index (χ3v) is 11.0. The van der Waals surface area contributed by atoms with Crippen LogP contribution in [0.1, 0.15) is 38.5 Å². The zero-order chi connectivity index (χ0) is 14.8. The fourth-order valence-electron chi connectivity index (χ4n) is 2.53. The SMILES string of the molecule is C[Si](C)(CCCCCO)O[Si](C)(C)CCCCCO. The number of unbranched alkanes of at least 4 members (excludes halogenated alkanes) is 4. The van der Waals surface area contributed by atoms with Crippen LogP contribution >= 0.6 is 0 Å². The van der Waals surface area contributed by atoms with Gasteiger partial charge in [-0.1, -0.05) is 25.7 Å². The van der Waals surface area contributed by atoms with Crippen LogP contribution in [0.15, 0.2) is 0 Å². The van der Waals surface area contributed by atoms with E-state index < -0.39 is 16.6 Å². The molecule has 0 saturated carbocycles. The summed E-state index contributed by atoms with van der Waals surface area (Å²) in [7, 11) is -3.05. The van der Waals surface area contributed by atoms with E-state index in [-0.39, 0.29) is 0 Å².